The third-order valence-electron chi connectivity index (χ3n) is 4.29. The minimum Gasteiger partial charge on any atom is -0.341 e. The van der Waals surface area contributed by atoms with E-state index in [0.29, 0.717) is 5.92 Å². The van der Waals surface area contributed by atoms with Gasteiger partial charge in [0.15, 0.2) is 0 Å². The molecule has 1 aromatic heterocycles. The number of nitrogens with zero attached hydrogens (tertiary/aromatic N) is 1. The zero-order valence-corrected chi connectivity index (χ0v) is 13.3. The number of aromatic nitrogens is 2. The third-order valence-corrected chi connectivity index (χ3v) is 4.29. The molecule has 0 spiro atoms. The van der Waals surface area contributed by atoms with Crippen LogP contribution < -0.4 is 0 Å². The first-order valence-corrected chi connectivity index (χ1v) is 8.38. The number of para-hydroxylation sites is 2. The van der Waals surface area contributed by atoms with E-state index in [1.165, 1.54) is 31.2 Å². The normalized spacial score (nSPS) is 12.6. The van der Waals surface area contributed by atoms with E-state index in [1.54, 1.807) is 0 Å². The van der Waals surface area contributed by atoms with E-state index < -0.39 is 0 Å². The van der Waals surface area contributed by atoms with Crippen molar-refractivity contribution < 1.29 is 0 Å². The lowest BCUT2D eigenvalue weighted by molar-refractivity contribution is 0.584. The fraction of sp³-hybridized carbons (Fsp3) is 0.350. The third kappa shape index (κ3) is 3.38. The minimum atomic E-state index is 0.366. The minimum absolute atomic E-state index is 0.366. The predicted molar refractivity (Wildman–Crippen MR) is 93.1 cm³/mol. The molecule has 3 aromatic rings. The van der Waals surface area contributed by atoms with Gasteiger partial charge in [-0.3, -0.25) is 0 Å². The molecular weight excluding hydrogens is 268 g/mol. The summed E-state index contributed by atoms with van der Waals surface area (Å²) in [6.45, 7) is 2.26. The van der Waals surface area contributed by atoms with Crippen LogP contribution in [0.1, 0.15) is 56.3 Å². The molecule has 0 saturated heterocycles. The van der Waals surface area contributed by atoms with Crippen LogP contribution >= 0.6 is 0 Å². The van der Waals surface area contributed by atoms with Gasteiger partial charge >= 0.3 is 0 Å². The van der Waals surface area contributed by atoms with Crippen molar-refractivity contribution in [2.24, 2.45) is 0 Å². The van der Waals surface area contributed by atoms with Gasteiger partial charge in [0.2, 0.25) is 0 Å². The molecule has 0 aliphatic rings. The molecule has 1 unspecified atom stereocenters. The quantitative estimate of drug-likeness (QED) is 0.559. The molecule has 2 heteroatoms. The summed E-state index contributed by atoms with van der Waals surface area (Å²) in [7, 11) is 0. The highest BCUT2D eigenvalue weighted by Crippen LogP contribution is 2.29. The average molecular weight is 292 g/mol. The zero-order chi connectivity index (χ0) is 15.2. The number of nitrogens with one attached hydrogen (secondary N) is 1. The SMILES string of the molecule is CCCCCCC(c1ccccc1)c1nc2ccccc2[nH]1. The molecule has 0 aliphatic heterocycles. The largest absolute Gasteiger partial charge is 0.341 e. The Bertz CT molecular complexity index is 667. The Morgan fingerprint density at radius 3 is 2.45 bits per heavy atom. The predicted octanol–water partition coefficient (Wildman–Crippen LogP) is 5.67. The van der Waals surface area contributed by atoms with Crippen molar-refractivity contribution in [3.05, 3.63) is 66.0 Å². The fourth-order valence-corrected chi connectivity index (χ4v) is 3.06. The van der Waals surface area contributed by atoms with Gasteiger partial charge in [0.1, 0.15) is 5.82 Å². The van der Waals surface area contributed by atoms with E-state index in [2.05, 4.69) is 60.4 Å². The highest BCUT2D eigenvalue weighted by molar-refractivity contribution is 5.75. The number of benzene rings is 2. The summed E-state index contributed by atoms with van der Waals surface area (Å²) >= 11 is 0. The molecule has 1 heterocycles. The molecule has 2 nitrogen and oxygen atoms in total. The Hall–Kier alpha value is -2.09. The summed E-state index contributed by atoms with van der Waals surface area (Å²) in [6.07, 6.45) is 6.32. The summed E-state index contributed by atoms with van der Waals surface area (Å²) in [5.41, 5.74) is 3.55. The molecule has 0 saturated carbocycles. The molecule has 1 N–H and O–H groups in total. The van der Waals surface area contributed by atoms with Crippen LogP contribution in [0.3, 0.4) is 0 Å². The summed E-state index contributed by atoms with van der Waals surface area (Å²) in [5.74, 6) is 1.47. The smallest absolute Gasteiger partial charge is 0.114 e. The monoisotopic (exact) mass is 292 g/mol. The number of imidazole rings is 1. The number of rotatable bonds is 7. The van der Waals surface area contributed by atoms with Crippen molar-refractivity contribution >= 4 is 11.0 Å². The van der Waals surface area contributed by atoms with Crippen LogP contribution in [0.15, 0.2) is 54.6 Å². The van der Waals surface area contributed by atoms with E-state index in [4.69, 9.17) is 4.98 Å². The molecular formula is C20H24N2. The maximum absolute atomic E-state index is 4.83. The molecule has 22 heavy (non-hydrogen) atoms. The first-order chi connectivity index (χ1) is 10.9. The molecule has 0 bridgehead atoms. The Balaban J connectivity index is 1.87. The standard InChI is InChI=1S/C20H24N2/c1-2-3-4-8-13-17(16-11-6-5-7-12-16)20-21-18-14-9-10-15-19(18)22-20/h5-7,9-12,14-15,17H,2-4,8,13H2,1H3,(H,21,22). The lowest BCUT2D eigenvalue weighted by Crippen LogP contribution is -2.03. The molecule has 114 valence electrons. The van der Waals surface area contributed by atoms with Crippen LogP contribution in [0.4, 0.5) is 0 Å². The van der Waals surface area contributed by atoms with Gasteiger partial charge < -0.3 is 4.98 Å². The maximum Gasteiger partial charge on any atom is 0.114 e. The first-order valence-electron chi connectivity index (χ1n) is 8.38. The van der Waals surface area contributed by atoms with Gasteiger partial charge in [-0.15, -0.1) is 0 Å². The van der Waals surface area contributed by atoms with E-state index in [1.807, 2.05) is 6.07 Å². The summed E-state index contributed by atoms with van der Waals surface area (Å²) in [6, 6.07) is 19.0. The van der Waals surface area contributed by atoms with Crippen molar-refractivity contribution in [1.29, 1.82) is 0 Å². The van der Waals surface area contributed by atoms with Crippen LogP contribution in [0.2, 0.25) is 0 Å². The average Bonchev–Trinajstić information content (AvgIpc) is 2.99. The van der Waals surface area contributed by atoms with Crippen molar-refractivity contribution in [2.75, 3.05) is 0 Å². The highest BCUT2D eigenvalue weighted by atomic mass is 14.9. The number of unbranched alkanes of at least 4 members (excludes halogenated alkanes) is 3. The summed E-state index contributed by atoms with van der Waals surface area (Å²) in [4.78, 5) is 8.36. The Kier molecular flexibility index (Phi) is 4.89. The number of hydrogen-bond donors (Lipinski definition) is 1. The van der Waals surface area contributed by atoms with Crippen molar-refractivity contribution in [1.82, 2.24) is 9.97 Å². The van der Waals surface area contributed by atoms with E-state index in [9.17, 15) is 0 Å². The second kappa shape index (κ2) is 7.26. The molecule has 1 atom stereocenters. The van der Waals surface area contributed by atoms with Gasteiger partial charge in [0.05, 0.1) is 11.0 Å². The number of hydrogen-bond acceptors (Lipinski definition) is 1. The lowest BCUT2D eigenvalue weighted by atomic mass is 9.92. The number of aromatic amines is 1. The second-order valence-electron chi connectivity index (χ2n) is 5.95. The molecule has 0 amide bonds. The second-order valence-corrected chi connectivity index (χ2v) is 5.95. The molecule has 2 aromatic carbocycles. The van der Waals surface area contributed by atoms with Gasteiger partial charge in [-0.2, -0.15) is 0 Å². The summed E-state index contributed by atoms with van der Waals surface area (Å²) < 4.78 is 0. The number of H-pyrrole nitrogens is 1. The highest BCUT2D eigenvalue weighted by Gasteiger charge is 2.17. The summed E-state index contributed by atoms with van der Waals surface area (Å²) in [5, 5.41) is 0. The Morgan fingerprint density at radius 2 is 1.68 bits per heavy atom. The fourth-order valence-electron chi connectivity index (χ4n) is 3.06. The van der Waals surface area contributed by atoms with Crippen molar-refractivity contribution in [2.45, 2.75) is 44.9 Å². The number of fused-ring (bicyclic) bond motifs is 1. The van der Waals surface area contributed by atoms with Crippen molar-refractivity contribution in [3.63, 3.8) is 0 Å². The Morgan fingerprint density at radius 1 is 0.909 bits per heavy atom. The molecule has 3 rings (SSSR count). The maximum atomic E-state index is 4.83. The van der Waals surface area contributed by atoms with Crippen LogP contribution in [-0.2, 0) is 0 Å². The molecule has 0 fully saturated rings. The van der Waals surface area contributed by atoms with Gasteiger partial charge in [-0.25, -0.2) is 4.98 Å². The topological polar surface area (TPSA) is 28.7 Å². The van der Waals surface area contributed by atoms with E-state index in [-0.39, 0.29) is 0 Å². The van der Waals surface area contributed by atoms with Gasteiger partial charge in [0, 0.05) is 5.92 Å². The van der Waals surface area contributed by atoms with Crippen molar-refractivity contribution in [3.8, 4) is 0 Å². The van der Waals surface area contributed by atoms with Crippen LogP contribution in [0.25, 0.3) is 11.0 Å². The first kappa shape index (κ1) is 14.8. The van der Waals surface area contributed by atoms with Crippen LogP contribution in [-0.4, -0.2) is 9.97 Å². The van der Waals surface area contributed by atoms with Crippen LogP contribution in [0.5, 0.6) is 0 Å². The van der Waals surface area contributed by atoms with Gasteiger partial charge in [-0.05, 0) is 24.1 Å². The zero-order valence-electron chi connectivity index (χ0n) is 13.3. The van der Waals surface area contributed by atoms with Gasteiger partial charge in [0.25, 0.3) is 0 Å². The van der Waals surface area contributed by atoms with E-state index >= 15 is 0 Å². The molecule has 0 aliphatic carbocycles. The van der Waals surface area contributed by atoms with E-state index in [0.717, 1.165) is 23.3 Å². The lowest BCUT2D eigenvalue weighted by Gasteiger charge is -2.15. The van der Waals surface area contributed by atoms with Gasteiger partial charge in [-0.1, -0.05) is 75.1 Å². The molecule has 0 radical (unpaired) electrons. The Labute approximate surface area is 132 Å². The van der Waals surface area contributed by atoms with Crippen LogP contribution in [0, 0.1) is 0 Å².